The normalized spacial score (nSPS) is 49.7. The number of hydrogen-bond acceptors (Lipinski definition) is 5. The Bertz CT molecular complexity index is 645. The van der Waals surface area contributed by atoms with E-state index in [1.807, 2.05) is 6.92 Å². The van der Waals surface area contributed by atoms with Crippen LogP contribution in [0.15, 0.2) is 12.7 Å². The number of rotatable bonds is 3. The lowest BCUT2D eigenvalue weighted by molar-refractivity contribution is -0.207. The van der Waals surface area contributed by atoms with Crippen molar-refractivity contribution in [3.8, 4) is 0 Å². The van der Waals surface area contributed by atoms with E-state index in [9.17, 15) is 19.8 Å². The molecule has 0 aromatic heterocycles. The predicted octanol–water partition coefficient (Wildman–Crippen LogP) is 2.89. The number of aliphatic hydroxyl groups excluding tert-OH is 2. The van der Waals surface area contributed by atoms with Crippen molar-refractivity contribution in [1.29, 1.82) is 0 Å². The molecule has 3 fully saturated rings. The molecule has 0 saturated heterocycles. The molecule has 3 aliphatic rings. The van der Waals surface area contributed by atoms with E-state index in [4.69, 9.17) is 4.74 Å². The molecule has 0 amide bonds. The summed E-state index contributed by atoms with van der Waals surface area (Å²) in [5, 5.41) is 20.6. The lowest BCUT2D eigenvalue weighted by Crippen LogP contribution is -2.63. The molecule has 0 heterocycles. The summed E-state index contributed by atoms with van der Waals surface area (Å²) >= 11 is 0. The second kappa shape index (κ2) is 6.70. The van der Waals surface area contributed by atoms with Crippen LogP contribution in [-0.2, 0) is 14.3 Å². The minimum atomic E-state index is -0.686. The van der Waals surface area contributed by atoms with Crippen molar-refractivity contribution in [3.05, 3.63) is 12.7 Å². The SMILES string of the molecule is C=C[C@]1(C)C[C@@H](OC(=O)CO)[C@@]2(C)[C@H](C)CC[C@@]3(CCC(=O)[C@H]32)[C@@H](C)[C@@H]1O. The van der Waals surface area contributed by atoms with Crippen molar-refractivity contribution in [2.45, 2.75) is 72.0 Å². The summed E-state index contributed by atoms with van der Waals surface area (Å²) < 4.78 is 5.77. The molecule has 0 aromatic rings. The maximum Gasteiger partial charge on any atom is 0.332 e. The summed E-state index contributed by atoms with van der Waals surface area (Å²) in [6.45, 7) is 11.5. The molecule has 0 aromatic carbocycles. The van der Waals surface area contributed by atoms with Crippen LogP contribution in [0.2, 0.25) is 0 Å². The fraction of sp³-hybridized carbons (Fsp3) is 0.818. The Kier molecular flexibility index (Phi) is 5.09. The number of carbonyl (C=O) groups is 2. The van der Waals surface area contributed by atoms with Gasteiger partial charge in [-0.1, -0.05) is 33.8 Å². The van der Waals surface area contributed by atoms with Crippen molar-refractivity contribution < 1.29 is 24.5 Å². The van der Waals surface area contributed by atoms with E-state index < -0.39 is 35.6 Å². The van der Waals surface area contributed by atoms with E-state index in [1.165, 1.54) is 0 Å². The summed E-state index contributed by atoms with van der Waals surface area (Å²) in [4.78, 5) is 25.2. The summed E-state index contributed by atoms with van der Waals surface area (Å²) in [6.07, 6.45) is 4.10. The summed E-state index contributed by atoms with van der Waals surface area (Å²) in [5.41, 5.74) is -1.43. The molecule has 2 N–H and O–H groups in total. The first-order valence-corrected chi connectivity index (χ1v) is 10.2. The molecule has 152 valence electrons. The highest BCUT2D eigenvalue weighted by molar-refractivity contribution is 5.85. The number of Topliss-reactive ketones (excluding diaryl/α,β-unsaturated/α-hetero) is 1. The summed E-state index contributed by atoms with van der Waals surface area (Å²) in [5.74, 6) is -0.520. The van der Waals surface area contributed by atoms with Gasteiger partial charge in [-0.05, 0) is 42.9 Å². The standard InChI is InChI=1S/C22H34O5/c1-6-20(4)11-16(27-17(25)12-23)21(5)13(2)7-9-22(14(3)19(20)26)10-8-15(24)18(21)22/h6,13-14,16,18-19,23,26H,1,7-12H2,2-5H3/t13-,14+,16-,18+,19+,20-,21-,22-/m1/s1. The zero-order chi connectivity index (χ0) is 20.2. The second-order valence-corrected chi connectivity index (χ2v) is 9.72. The molecule has 27 heavy (non-hydrogen) atoms. The highest BCUT2D eigenvalue weighted by Crippen LogP contribution is 2.67. The molecule has 5 heteroatoms. The average Bonchev–Trinajstić information content (AvgIpc) is 3.00. The number of ether oxygens (including phenoxy) is 1. The number of ketones is 1. The Hall–Kier alpha value is -1.20. The molecule has 3 saturated carbocycles. The molecule has 0 aliphatic heterocycles. The van der Waals surface area contributed by atoms with Crippen molar-refractivity contribution in [2.75, 3.05) is 6.61 Å². The largest absolute Gasteiger partial charge is 0.460 e. The third kappa shape index (κ3) is 2.72. The first kappa shape index (κ1) is 20.5. The van der Waals surface area contributed by atoms with Crippen LogP contribution in [0.5, 0.6) is 0 Å². The van der Waals surface area contributed by atoms with Gasteiger partial charge in [0.05, 0.1) is 6.10 Å². The quantitative estimate of drug-likeness (QED) is 0.583. The monoisotopic (exact) mass is 378 g/mol. The molecule has 0 spiro atoms. The van der Waals surface area contributed by atoms with Gasteiger partial charge in [0.1, 0.15) is 18.5 Å². The smallest absolute Gasteiger partial charge is 0.332 e. The van der Waals surface area contributed by atoms with Crippen LogP contribution in [0.3, 0.4) is 0 Å². The second-order valence-electron chi connectivity index (χ2n) is 9.72. The van der Waals surface area contributed by atoms with E-state index in [2.05, 4.69) is 27.4 Å². The highest BCUT2D eigenvalue weighted by atomic mass is 16.6. The van der Waals surface area contributed by atoms with Crippen molar-refractivity contribution >= 4 is 11.8 Å². The van der Waals surface area contributed by atoms with E-state index in [1.54, 1.807) is 6.08 Å². The number of carbonyl (C=O) groups excluding carboxylic acids is 2. The molecule has 5 nitrogen and oxygen atoms in total. The Morgan fingerprint density at radius 1 is 1.33 bits per heavy atom. The Labute approximate surface area is 162 Å². The fourth-order valence-corrected chi connectivity index (χ4v) is 6.70. The highest BCUT2D eigenvalue weighted by Gasteiger charge is 2.68. The van der Waals surface area contributed by atoms with Crippen LogP contribution in [0.4, 0.5) is 0 Å². The number of hydrogen-bond donors (Lipinski definition) is 2. The van der Waals surface area contributed by atoms with Crippen LogP contribution in [0.1, 0.15) is 59.8 Å². The van der Waals surface area contributed by atoms with Gasteiger partial charge in [-0.25, -0.2) is 4.79 Å². The predicted molar refractivity (Wildman–Crippen MR) is 102 cm³/mol. The van der Waals surface area contributed by atoms with Crippen LogP contribution < -0.4 is 0 Å². The lowest BCUT2D eigenvalue weighted by atomic mass is 9.44. The van der Waals surface area contributed by atoms with Gasteiger partial charge >= 0.3 is 5.97 Å². The van der Waals surface area contributed by atoms with Crippen molar-refractivity contribution in [1.82, 2.24) is 0 Å². The lowest BCUT2D eigenvalue weighted by Gasteiger charge is -2.61. The zero-order valence-electron chi connectivity index (χ0n) is 17.0. The fourth-order valence-electron chi connectivity index (χ4n) is 6.70. The molecule has 3 rings (SSSR count). The molecule has 0 unspecified atom stereocenters. The number of esters is 1. The van der Waals surface area contributed by atoms with Crippen molar-refractivity contribution in [3.63, 3.8) is 0 Å². The maximum absolute atomic E-state index is 13.1. The minimum Gasteiger partial charge on any atom is -0.460 e. The van der Waals surface area contributed by atoms with E-state index in [-0.39, 0.29) is 29.0 Å². The Balaban J connectivity index is 2.21. The van der Waals surface area contributed by atoms with E-state index >= 15 is 0 Å². The zero-order valence-corrected chi connectivity index (χ0v) is 17.0. The van der Waals surface area contributed by atoms with Gasteiger partial charge in [-0.3, -0.25) is 4.79 Å². The van der Waals surface area contributed by atoms with Gasteiger partial charge in [0.15, 0.2) is 0 Å². The van der Waals surface area contributed by atoms with E-state index in [0.29, 0.717) is 12.8 Å². The van der Waals surface area contributed by atoms with Gasteiger partial charge in [0.2, 0.25) is 0 Å². The van der Waals surface area contributed by atoms with Crippen LogP contribution in [-0.4, -0.2) is 40.8 Å². The Morgan fingerprint density at radius 3 is 2.59 bits per heavy atom. The summed E-state index contributed by atoms with van der Waals surface area (Å²) in [7, 11) is 0. The van der Waals surface area contributed by atoms with Gasteiger partial charge in [-0.15, -0.1) is 6.58 Å². The third-order valence-electron chi connectivity index (χ3n) is 8.70. The van der Waals surface area contributed by atoms with Gasteiger partial charge in [-0.2, -0.15) is 0 Å². The van der Waals surface area contributed by atoms with E-state index in [0.717, 1.165) is 19.3 Å². The molecular formula is C22H34O5. The third-order valence-corrected chi connectivity index (χ3v) is 8.70. The van der Waals surface area contributed by atoms with Gasteiger partial charge in [0.25, 0.3) is 0 Å². The molecule has 2 bridgehead atoms. The number of aliphatic hydroxyl groups is 2. The minimum absolute atomic E-state index is 0.0433. The summed E-state index contributed by atoms with van der Waals surface area (Å²) in [6, 6.07) is 0. The first-order chi connectivity index (χ1) is 12.6. The van der Waals surface area contributed by atoms with Gasteiger partial charge < -0.3 is 14.9 Å². The molecule has 3 aliphatic carbocycles. The van der Waals surface area contributed by atoms with Gasteiger partial charge in [0, 0.05) is 23.2 Å². The van der Waals surface area contributed by atoms with Crippen LogP contribution in [0, 0.1) is 34.0 Å². The molecule has 0 radical (unpaired) electrons. The maximum atomic E-state index is 13.1. The average molecular weight is 379 g/mol. The van der Waals surface area contributed by atoms with Crippen LogP contribution >= 0.6 is 0 Å². The molecular weight excluding hydrogens is 344 g/mol. The van der Waals surface area contributed by atoms with Crippen molar-refractivity contribution in [2.24, 2.45) is 34.0 Å². The first-order valence-electron chi connectivity index (χ1n) is 10.2. The van der Waals surface area contributed by atoms with Crippen LogP contribution in [0.25, 0.3) is 0 Å². The Morgan fingerprint density at radius 2 is 2.00 bits per heavy atom. The molecule has 8 atom stereocenters. The topological polar surface area (TPSA) is 83.8 Å².